The number of carbonyl (C=O) groups is 1. The van der Waals surface area contributed by atoms with Gasteiger partial charge in [-0.3, -0.25) is 9.80 Å². The SMILES string of the molecule is CC(C)(O)CCc1cc(-c2ccc(N3CC4CC(C3)N4)nc2)c2c(C#N)cnn2c1.CC(C)(O)CCc1cc(-c2ccc(N3CC4CC(C3)N4C(=O)OC(C)(C)C)nc2)c2c(C#N)cnn2c1.COc1ccc(CN2C3CC2CN(c2ccc(-c4cc(CCC(C)(C)O)cn5ncc(C#N)c45)cn2)C3)cn1. The number of carbonyl (C=O) groups excluding carboxylic acids is 1. The van der Waals surface area contributed by atoms with Crippen molar-refractivity contribution in [2.75, 3.05) is 61.1 Å². The zero-order valence-corrected chi connectivity index (χ0v) is 62.0. The average molecular weight is 1430 g/mol. The molecular formula is C81H93N19O6. The van der Waals surface area contributed by atoms with Crippen molar-refractivity contribution in [2.24, 2.45) is 0 Å². The maximum atomic E-state index is 12.6. The quantitative estimate of drug-likeness (QED) is 0.0620. The van der Waals surface area contributed by atoms with E-state index in [0.717, 1.165) is 143 Å². The molecule has 9 fully saturated rings. The molecule has 6 unspecified atom stereocenters. The molecule has 10 aromatic heterocycles. The lowest BCUT2D eigenvalue weighted by atomic mass is 9.87. The summed E-state index contributed by atoms with van der Waals surface area (Å²) in [6, 6.07) is 31.8. The number of hydrogen-bond donors (Lipinski definition) is 4. The van der Waals surface area contributed by atoms with Crippen LogP contribution in [0.1, 0.15) is 140 Å². The number of pyridine rings is 7. The van der Waals surface area contributed by atoms with Crippen molar-refractivity contribution in [3.63, 3.8) is 0 Å². The average Bonchev–Trinajstić information content (AvgIpc) is 1.05. The summed E-state index contributed by atoms with van der Waals surface area (Å²) in [7, 11) is 1.63. The highest BCUT2D eigenvalue weighted by molar-refractivity contribution is 5.87. The number of aryl methyl sites for hydroxylation is 3. The third-order valence-electron chi connectivity index (χ3n) is 21.0. The Bertz CT molecular complexity index is 4950. The molecule has 9 saturated heterocycles. The Balaban J connectivity index is 0.000000135. The van der Waals surface area contributed by atoms with E-state index in [1.165, 1.54) is 18.4 Å². The van der Waals surface area contributed by atoms with Crippen LogP contribution >= 0.6 is 0 Å². The fourth-order valence-corrected chi connectivity index (χ4v) is 15.5. The molecule has 25 nitrogen and oxygen atoms in total. The first kappa shape index (κ1) is 72.4. The first-order valence-electron chi connectivity index (χ1n) is 36.7. The zero-order chi connectivity index (χ0) is 74.6. The van der Waals surface area contributed by atoms with E-state index in [9.17, 15) is 35.9 Å². The van der Waals surface area contributed by atoms with Gasteiger partial charge >= 0.3 is 6.09 Å². The van der Waals surface area contributed by atoms with Crippen molar-refractivity contribution in [3.05, 3.63) is 168 Å². The van der Waals surface area contributed by atoms with E-state index in [0.29, 0.717) is 78.8 Å². The second kappa shape index (κ2) is 29.0. The van der Waals surface area contributed by atoms with Crippen LogP contribution in [0.3, 0.4) is 0 Å². The van der Waals surface area contributed by atoms with Gasteiger partial charge in [0.15, 0.2) is 0 Å². The number of aliphatic hydroxyl groups is 3. The molecule has 9 aliphatic rings. The Morgan fingerprint density at radius 3 is 1.20 bits per heavy atom. The first-order chi connectivity index (χ1) is 50.6. The van der Waals surface area contributed by atoms with E-state index in [1.54, 1.807) is 53.1 Å². The van der Waals surface area contributed by atoms with E-state index >= 15 is 0 Å². The summed E-state index contributed by atoms with van der Waals surface area (Å²) in [5, 5.41) is 76.1. The lowest BCUT2D eigenvalue weighted by Crippen LogP contribution is -2.70. The minimum atomic E-state index is -0.769. The highest BCUT2D eigenvalue weighted by Crippen LogP contribution is 2.40. The van der Waals surface area contributed by atoms with Crippen molar-refractivity contribution >= 4 is 40.1 Å². The van der Waals surface area contributed by atoms with Gasteiger partial charge in [0.2, 0.25) is 5.88 Å². The zero-order valence-electron chi connectivity index (χ0n) is 62.0. The molecule has 6 atom stereocenters. The molecule has 0 spiro atoms. The van der Waals surface area contributed by atoms with Crippen LogP contribution < -0.4 is 24.8 Å². The van der Waals surface area contributed by atoms with Crippen LogP contribution in [0.15, 0.2) is 129 Å². The van der Waals surface area contributed by atoms with Gasteiger partial charge < -0.3 is 44.8 Å². The second-order valence-electron chi connectivity index (χ2n) is 32.2. The smallest absolute Gasteiger partial charge is 0.410 e. The van der Waals surface area contributed by atoms with Gasteiger partial charge in [-0.05, 0) is 197 Å². The number of fused-ring (bicyclic) bond motifs is 9. The Labute approximate surface area is 617 Å². The monoisotopic (exact) mass is 1430 g/mol. The summed E-state index contributed by atoms with van der Waals surface area (Å²) in [5.74, 6) is 3.48. The lowest BCUT2D eigenvalue weighted by molar-refractivity contribution is -0.0380. The Hall–Kier alpha value is -10.6. The highest BCUT2D eigenvalue weighted by atomic mass is 16.6. The second-order valence-corrected chi connectivity index (χ2v) is 32.2. The molecular weight excluding hydrogens is 1340 g/mol. The fraction of sp³-hybridized carbons (Fsp3) is 0.444. The largest absolute Gasteiger partial charge is 0.481 e. The van der Waals surface area contributed by atoms with Crippen LogP contribution in [0.25, 0.3) is 49.9 Å². The maximum Gasteiger partial charge on any atom is 0.410 e. The molecule has 1 amide bonds. The Morgan fingerprint density at radius 2 is 0.868 bits per heavy atom. The molecule has 0 aromatic carbocycles. The number of methoxy groups -OCH3 is 1. The molecule has 0 aliphatic carbocycles. The number of anilines is 3. The van der Waals surface area contributed by atoms with Gasteiger partial charge in [-0.2, -0.15) is 31.1 Å². The van der Waals surface area contributed by atoms with Gasteiger partial charge in [0, 0.05) is 153 Å². The molecule has 19 rings (SSSR count). The number of aromatic nitrogens is 10. The molecule has 106 heavy (non-hydrogen) atoms. The Morgan fingerprint density at radius 1 is 0.491 bits per heavy atom. The van der Waals surface area contributed by atoms with E-state index in [-0.39, 0.29) is 18.2 Å². The molecule has 25 heteroatoms. The summed E-state index contributed by atoms with van der Waals surface area (Å²) in [6.45, 7) is 22.8. The van der Waals surface area contributed by atoms with Crippen molar-refractivity contribution < 1.29 is 29.6 Å². The summed E-state index contributed by atoms with van der Waals surface area (Å²) >= 11 is 0. The number of rotatable bonds is 18. The maximum absolute atomic E-state index is 12.6. The van der Waals surface area contributed by atoms with Gasteiger partial charge in [-0.15, -0.1) is 0 Å². The van der Waals surface area contributed by atoms with Crippen molar-refractivity contribution in [1.29, 1.82) is 15.8 Å². The fourth-order valence-electron chi connectivity index (χ4n) is 15.5. The van der Waals surface area contributed by atoms with Crippen molar-refractivity contribution in [2.45, 2.75) is 185 Å². The van der Waals surface area contributed by atoms with Gasteiger partial charge in [0.05, 0.1) is 87.8 Å². The normalized spacial score (nSPS) is 19.7. The van der Waals surface area contributed by atoms with E-state index in [4.69, 9.17) is 24.4 Å². The highest BCUT2D eigenvalue weighted by Gasteiger charge is 2.49. The topological polar surface area (TPSA) is 299 Å². The third kappa shape index (κ3) is 16.0. The predicted octanol–water partition coefficient (Wildman–Crippen LogP) is 10.5. The van der Waals surface area contributed by atoms with E-state index in [2.05, 4.69) is 112 Å². The van der Waals surface area contributed by atoms with Crippen molar-refractivity contribution in [1.82, 2.24) is 63.9 Å². The number of nitrogens with one attached hydrogen (secondary N) is 1. The first-order valence-corrected chi connectivity index (χ1v) is 36.7. The molecule has 19 heterocycles. The molecule has 0 radical (unpaired) electrons. The molecule has 10 aromatic rings. The minimum absolute atomic E-state index is 0.132. The summed E-state index contributed by atoms with van der Waals surface area (Å²) in [6.07, 6.45) is 25.4. The number of nitrogens with zero attached hydrogens (tertiary/aromatic N) is 18. The Kier molecular flexibility index (Phi) is 19.8. The molecule has 0 saturated carbocycles. The molecule has 9 aliphatic heterocycles. The van der Waals surface area contributed by atoms with Crippen LogP contribution in [-0.4, -0.2) is 185 Å². The van der Waals surface area contributed by atoms with Gasteiger partial charge in [-0.25, -0.2) is 38.3 Å². The number of piperazine rings is 3. The van der Waals surface area contributed by atoms with Crippen LogP contribution in [-0.2, 0) is 30.5 Å². The van der Waals surface area contributed by atoms with Gasteiger partial charge in [-0.1, -0.05) is 6.07 Å². The summed E-state index contributed by atoms with van der Waals surface area (Å²) in [5.41, 5.74) is 11.1. The number of piperidine rings is 3. The van der Waals surface area contributed by atoms with E-state index < -0.39 is 22.4 Å². The van der Waals surface area contributed by atoms with Crippen LogP contribution in [0, 0.1) is 34.0 Å². The summed E-state index contributed by atoms with van der Waals surface area (Å²) < 4.78 is 16.0. The molecule has 4 N–H and O–H groups in total. The van der Waals surface area contributed by atoms with Gasteiger partial charge in [0.1, 0.15) is 41.3 Å². The standard InChI is InChI=1S/C30H33N7O2.C28H34N6O3.C23H26N6O/c1-30(2,38)9-8-20-10-26(29-23(12-31)15-34-37(29)17-20)22-5-6-27(32-14-22)35-18-24-11-25(19-35)36(24)16-21-4-7-28(39-3)33-13-21;1-27(2,3)37-26(35)34-21-11-22(34)17-32(16-21)24-7-6-19(13-30-24)23-10-18(8-9-28(4,5)36)15-33-25(23)20(12-29)14-31-33;1-23(2,30)6-5-15-7-20(22-17(9-24)11-26-29(22)12-15)16-3-4-21(25-10-16)28-13-18-8-19(14-28)27-18/h4-7,10,13-15,17,24-25,38H,8-9,11,16,18-19H2,1-3H3;6-7,10,13-15,21-22,36H,8-9,11,16-17H2,1-5H3;3-4,7,10-12,18-19,27,30H,5-6,8,13-14H2,1-2H3. The third-order valence-corrected chi connectivity index (χ3v) is 21.0. The number of hydrogen-bond acceptors (Lipinski definition) is 21. The van der Waals surface area contributed by atoms with Crippen LogP contribution in [0.4, 0.5) is 22.2 Å². The number of amides is 1. The lowest BCUT2D eigenvalue weighted by Gasteiger charge is -2.56. The minimum Gasteiger partial charge on any atom is -0.481 e. The molecule has 6 bridgehead atoms. The number of nitriles is 3. The number of ether oxygens (including phenoxy) is 2. The van der Waals surface area contributed by atoms with E-state index in [1.807, 2.05) is 115 Å². The van der Waals surface area contributed by atoms with Crippen molar-refractivity contribution in [3.8, 4) is 57.5 Å². The van der Waals surface area contributed by atoms with Gasteiger partial charge in [0.25, 0.3) is 0 Å². The molecule has 548 valence electrons. The van der Waals surface area contributed by atoms with Crippen LogP contribution in [0.5, 0.6) is 5.88 Å². The predicted molar refractivity (Wildman–Crippen MR) is 404 cm³/mol. The summed E-state index contributed by atoms with van der Waals surface area (Å²) in [4.78, 5) is 42.7. The van der Waals surface area contributed by atoms with Crippen LogP contribution in [0.2, 0.25) is 0 Å².